The first kappa shape index (κ1) is 27.4. The van der Waals surface area contributed by atoms with Crippen LogP contribution in [0.2, 0.25) is 0 Å². The lowest BCUT2D eigenvalue weighted by molar-refractivity contribution is -0.274. The van der Waals surface area contributed by atoms with Crippen molar-refractivity contribution < 1.29 is 22.7 Å². The van der Waals surface area contributed by atoms with Crippen molar-refractivity contribution in [3.05, 3.63) is 94.2 Å². The van der Waals surface area contributed by atoms with Gasteiger partial charge < -0.3 is 9.64 Å². The molecule has 5 rings (SSSR count). The van der Waals surface area contributed by atoms with Crippen LogP contribution >= 0.6 is 0 Å². The Labute approximate surface area is 229 Å². The lowest BCUT2D eigenvalue weighted by Gasteiger charge is -2.39. The molecular formula is C28H29F3N6O3. The molecule has 12 heteroatoms. The van der Waals surface area contributed by atoms with Crippen LogP contribution in [0.1, 0.15) is 24.8 Å². The van der Waals surface area contributed by atoms with E-state index in [-0.39, 0.29) is 17.2 Å². The van der Waals surface area contributed by atoms with Crippen LogP contribution in [0.4, 0.5) is 24.5 Å². The Hall–Kier alpha value is -4.16. The Kier molecular flexibility index (Phi) is 7.90. The summed E-state index contributed by atoms with van der Waals surface area (Å²) in [5.74, 6) is -0.684. The van der Waals surface area contributed by atoms with E-state index < -0.39 is 12.1 Å². The number of hydrazine groups is 2. The zero-order valence-corrected chi connectivity index (χ0v) is 21.9. The number of anilines is 2. The van der Waals surface area contributed by atoms with Crippen molar-refractivity contribution in [3.63, 3.8) is 0 Å². The molecule has 1 aliphatic heterocycles. The minimum Gasteiger partial charge on any atom is -0.406 e. The van der Waals surface area contributed by atoms with Crippen LogP contribution in [-0.2, 0) is 17.9 Å². The summed E-state index contributed by atoms with van der Waals surface area (Å²) in [4.78, 5) is 33.1. The van der Waals surface area contributed by atoms with Crippen molar-refractivity contribution in [1.29, 1.82) is 0 Å². The van der Waals surface area contributed by atoms with E-state index >= 15 is 0 Å². The fraction of sp³-hybridized carbons (Fsp3) is 0.321. The zero-order chi connectivity index (χ0) is 28.3. The summed E-state index contributed by atoms with van der Waals surface area (Å²) in [6.45, 7) is 2.08. The summed E-state index contributed by atoms with van der Waals surface area (Å²) < 4.78 is 43.3. The number of hydrogen-bond donors (Lipinski definition) is 1. The monoisotopic (exact) mass is 554 g/mol. The summed E-state index contributed by atoms with van der Waals surface area (Å²) >= 11 is 0. The summed E-state index contributed by atoms with van der Waals surface area (Å²) in [5.41, 5.74) is 6.07. The van der Waals surface area contributed by atoms with Crippen LogP contribution in [0.25, 0.3) is 0 Å². The zero-order valence-electron chi connectivity index (χ0n) is 21.9. The quantitative estimate of drug-likeness (QED) is 0.421. The van der Waals surface area contributed by atoms with Gasteiger partial charge in [-0.15, -0.1) is 18.3 Å². The molecule has 0 bridgehead atoms. The molecule has 3 aromatic rings. The molecular weight excluding hydrogens is 525 g/mol. The number of carbonyl (C=O) groups is 1. The van der Waals surface area contributed by atoms with Crippen LogP contribution in [0, 0.1) is 0 Å². The molecule has 0 fully saturated rings. The Morgan fingerprint density at radius 2 is 1.80 bits per heavy atom. The molecule has 9 nitrogen and oxygen atoms in total. The fourth-order valence-electron chi connectivity index (χ4n) is 4.94. The highest BCUT2D eigenvalue weighted by Gasteiger charge is 2.37. The van der Waals surface area contributed by atoms with Gasteiger partial charge in [-0.05, 0) is 61.7 Å². The van der Waals surface area contributed by atoms with E-state index in [1.807, 2.05) is 37.4 Å². The van der Waals surface area contributed by atoms with E-state index in [4.69, 9.17) is 0 Å². The summed E-state index contributed by atoms with van der Waals surface area (Å²) in [7, 11) is 1.97. The van der Waals surface area contributed by atoms with Crippen LogP contribution in [0.3, 0.4) is 0 Å². The number of amides is 1. The van der Waals surface area contributed by atoms with Crippen LogP contribution in [0.15, 0.2) is 83.1 Å². The van der Waals surface area contributed by atoms with Crippen LogP contribution in [-0.4, -0.2) is 52.0 Å². The Morgan fingerprint density at radius 1 is 1.05 bits per heavy atom. The van der Waals surface area contributed by atoms with Gasteiger partial charge in [-0.2, -0.15) is 0 Å². The van der Waals surface area contributed by atoms with Gasteiger partial charge in [0.15, 0.2) is 0 Å². The Balaban J connectivity index is 1.34. The molecule has 0 saturated heterocycles. The summed E-state index contributed by atoms with van der Waals surface area (Å²) in [5, 5.41) is 2.85. The standard InChI is InChI=1S/C28H29F3N6O3/c1-34(17-20-6-3-2-4-7-20)14-15-35-19-32-16-25(27(35)39)33-36-18-21-8-5-9-24(21)26(38)37(36)22-10-12-23(13-11-22)40-28(29,30)31/h2-4,6-7,10-13,16,19,33H,5,8-9,14-15,17-18H2,1H3. The van der Waals surface area contributed by atoms with Crippen molar-refractivity contribution in [2.24, 2.45) is 0 Å². The number of benzene rings is 2. The lowest BCUT2D eigenvalue weighted by atomic mass is 10.1. The van der Waals surface area contributed by atoms with Crippen molar-refractivity contribution in [2.45, 2.75) is 38.7 Å². The number of likely N-dealkylation sites (N-methyl/N-ethyl adjacent to an activating group) is 1. The molecule has 2 aromatic carbocycles. The number of alkyl halides is 3. The average molecular weight is 555 g/mol. The number of carbonyl (C=O) groups excluding carboxylic acids is 1. The van der Waals surface area contributed by atoms with E-state index in [0.29, 0.717) is 37.3 Å². The number of rotatable bonds is 9. The molecule has 0 saturated carbocycles. The van der Waals surface area contributed by atoms with Crippen molar-refractivity contribution in [2.75, 3.05) is 30.6 Å². The van der Waals surface area contributed by atoms with Crippen molar-refractivity contribution >= 4 is 17.3 Å². The minimum absolute atomic E-state index is 0.171. The molecule has 1 aliphatic carbocycles. The number of nitrogens with zero attached hydrogens (tertiary/aromatic N) is 5. The maximum Gasteiger partial charge on any atom is 0.573 e. The number of ether oxygens (including phenoxy) is 1. The lowest BCUT2D eigenvalue weighted by Crippen LogP contribution is -2.54. The Morgan fingerprint density at radius 3 is 2.52 bits per heavy atom. The van der Waals surface area contributed by atoms with Crippen molar-refractivity contribution in [3.8, 4) is 5.75 Å². The Bertz CT molecular complexity index is 1440. The second-order valence-electron chi connectivity index (χ2n) is 9.79. The van der Waals surface area contributed by atoms with Crippen LogP contribution in [0.5, 0.6) is 5.75 Å². The number of hydrogen-bond acceptors (Lipinski definition) is 7. The van der Waals surface area contributed by atoms with Gasteiger partial charge in [-0.1, -0.05) is 30.3 Å². The molecule has 0 spiro atoms. The van der Waals surface area contributed by atoms with E-state index in [9.17, 15) is 22.8 Å². The number of aromatic nitrogens is 2. The highest BCUT2D eigenvalue weighted by Crippen LogP contribution is 2.35. The average Bonchev–Trinajstić information content (AvgIpc) is 3.39. The van der Waals surface area contributed by atoms with Crippen LogP contribution < -0.4 is 20.7 Å². The fourth-order valence-corrected chi connectivity index (χ4v) is 4.94. The maximum atomic E-state index is 13.5. The molecule has 1 aromatic heterocycles. The first-order valence-corrected chi connectivity index (χ1v) is 12.9. The van der Waals surface area contributed by atoms with Gasteiger partial charge in [0.1, 0.15) is 11.4 Å². The third-order valence-corrected chi connectivity index (χ3v) is 6.85. The SMILES string of the molecule is CN(CCn1cncc(NN2CC3=C(CCC3)C(=O)N2c2ccc(OC(F)(F)F)cc2)c1=O)Cc1ccccc1. The van der Waals surface area contributed by atoms with Crippen molar-refractivity contribution in [1.82, 2.24) is 19.6 Å². The summed E-state index contributed by atoms with van der Waals surface area (Å²) in [6, 6.07) is 15.1. The topological polar surface area (TPSA) is 82.9 Å². The molecule has 1 N–H and O–H groups in total. The predicted molar refractivity (Wildman–Crippen MR) is 143 cm³/mol. The van der Waals surface area contributed by atoms with E-state index in [1.54, 1.807) is 0 Å². The summed E-state index contributed by atoms with van der Waals surface area (Å²) in [6.07, 6.45) is 0.275. The number of nitrogens with one attached hydrogen (secondary N) is 1. The third-order valence-electron chi connectivity index (χ3n) is 6.85. The normalized spacial score (nSPS) is 16.0. The predicted octanol–water partition coefficient (Wildman–Crippen LogP) is 4.35. The van der Waals surface area contributed by atoms with Gasteiger partial charge in [-0.25, -0.2) is 9.99 Å². The van der Waals surface area contributed by atoms with Gasteiger partial charge in [0.2, 0.25) is 0 Å². The largest absolute Gasteiger partial charge is 0.573 e. The molecule has 0 unspecified atom stereocenters. The highest BCUT2D eigenvalue weighted by atomic mass is 19.4. The van der Waals surface area contributed by atoms with Gasteiger partial charge in [0.05, 0.1) is 24.8 Å². The molecule has 0 radical (unpaired) electrons. The van der Waals surface area contributed by atoms with E-state index in [2.05, 4.69) is 20.0 Å². The van der Waals surface area contributed by atoms with Gasteiger partial charge in [0, 0.05) is 25.2 Å². The molecule has 210 valence electrons. The highest BCUT2D eigenvalue weighted by molar-refractivity contribution is 6.06. The maximum absolute atomic E-state index is 13.5. The third kappa shape index (κ3) is 6.35. The molecule has 2 heterocycles. The number of halogens is 3. The molecule has 40 heavy (non-hydrogen) atoms. The first-order chi connectivity index (χ1) is 19.2. The van der Waals surface area contributed by atoms with Gasteiger partial charge in [-0.3, -0.25) is 19.6 Å². The molecule has 0 atom stereocenters. The van der Waals surface area contributed by atoms with E-state index in [1.165, 1.54) is 44.9 Å². The smallest absolute Gasteiger partial charge is 0.406 e. The van der Waals surface area contributed by atoms with E-state index in [0.717, 1.165) is 37.1 Å². The minimum atomic E-state index is -4.82. The molecule has 1 amide bonds. The van der Waals surface area contributed by atoms with Gasteiger partial charge in [0.25, 0.3) is 11.5 Å². The second-order valence-corrected chi connectivity index (χ2v) is 9.79. The van der Waals surface area contributed by atoms with Gasteiger partial charge >= 0.3 is 6.36 Å². The first-order valence-electron chi connectivity index (χ1n) is 12.9. The second kappa shape index (κ2) is 11.5. The molecule has 2 aliphatic rings.